The third-order valence-electron chi connectivity index (χ3n) is 3.01. The standard InChI is InChI=1S/C13H18F4N2/c1-3-11(18)12(13(15,16)17)19(2)8-9-5-4-6-10(14)7-9/h4-7,11-12H,3,8,18H2,1-2H3. The molecule has 0 heterocycles. The first kappa shape index (κ1) is 15.9. The van der Waals surface area contributed by atoms with Gasteiger partial charge in [0.05, 0.1) is 0 Å². The molecule has 2 N–H and O–H groups in total. The van der Waals surface area contributed by atoms with Gasteiger partial charge in [0.25, 0.3) is 0 Å². The number of hydrogen-bond donors (Lipinski definition) is 1. The molecule has 0 amide bonds. The largest absolute Gasteiger partial charge is 0.405 e. The van der Waals surface area contributed by atoms with Gasteiger partial charge in [-0.05, 0) is 31.2 Å². The lowest BCUT2D eigenvalue weighted by molar-refractivity contribution is -0.187. The molecule has 2 nitrogen and oxygen atoms in total. The first-order chi connectivity index (χ1) is 8.75. The summed E-state index contributed by atoms with van der Waals surface area (Å²) in [6.07, 6.45) is -4.19. The molecule has 0 saturated carbocycles. The highest BCUT2D eigenvalue weighted by Gasteiger charge is 2.45. The highest BCUT2D eigenvalue weighted by Crippen LogP contribution is 2.28. The molecule has 0 radical (unpaired) electrons. The summed E-state index contributed by atoms with van der Waals surface area (Å²) in [5, 5.41) is 0. The molecular formula is C13H18F4N2. The lowest BCUT2D eigenvalue weighted by atomic mass is 10.0. The average Bonchev–Trinajstić information content (AvgIpc) is 2.26. The van der Waals surface area contributed by atoms with E-state index in [9.17, 15) is 17.6 Å². The van der Waals surface area contributed by atoms with Crippen LogP contribution in [0.25, 0.3) is 0 Å². The molecule has 1 aromatic carbocycles. The van der Waals surface area contributed by atoms with E-state index < -0.39 is 24.1 Å². The minimum atomic E-state index is -4.41. The molecule has 2 unspecified atom stereocenters. The second-order valence-electron chi connectivity index (χ2n) is 4.60. The van der Waals surface area contributed by atoms with E-state index in [2.05, 4.69) is 0 Å². The molecule has 0 saturated heterocycles. The fourth-order valence-corrected chi connectivity index (χ4v) is 2.06. The molecule has 1 aromatic rings. The molecule has 0 aliphatic heterocycles. The van der Waals surface area contributed by atoms with E-state index in [4.69, 9.17) is 5.73 Å². The van der Waals surface area contributed by atoms with E-state index in [0.717, 1.165) is 4.90 Å². The Bertz CT molecular complexity index is 406. The maximum Gasteiger partial charge on any atom is 0.405 e. The van der Waals surface area contributed by atoms with Crippen molar-refractivity contribution in [3.05, 3.63) is 35.6 Å². The van der Waals surface area contributed by atoms with Crippen molar-refractivity contribution in [3.8, 4) is 0 Å². The minimum Gasteiger partial charge on any atom is -0.326 e. The summed E-state index contributed by atoms with van der Waals surface area (Å²) in [6.45, 7) is 1.61. The van der Waals surface area contributed by atoms with Gasteiger partial charge in [0, 0.05) is 12.6 Å². The Labute approximate surface area is 110 Å². The van der Waals surface area contributed by atoms with Crippen molar-refractivity contribution in [2.45, 2.75) is 38.1 Å². The van der Waals surface area contributed by atoms with Crippen LogP contribution in [0.5, 0.6) is 0 Å². The number of alkyl halides is 3. The maximum atomic E-state index is 13.0. The van der Waals surface area contributed by atoms with Crippen LogP contribution in [0.15, 0.2) is 24.3 Å². The third kappa shape index (κ3) is 4.47. The van der Waals surface area contributed by atoms with E-state index >= 15 is 0 Å². The van der Waals surface area contributed by atoms with Crippen LogP contribution < -0.4 is 5.73 Å². The van der Waals surface area contributed by atoms with Crippen LogP contribution in [0.1, 0.15) is 18.9 Å². The fraction of sp³-hybridized carbons (Fsp3) is 0.538. The Hall–Kier alpha value is -1.14. The number of nitrogens with two attached hydrogens (primary N) is 1. The molecule has 6 heteroatoms. The van der Waals surface area contributed by atoms with Crippen molar-refractivity contribution >= 4 is 0 Å². The van der Waals surface area contributed by atoms with Crippen LogP contribution in [0.4, 0.5) is 17.6 Å². The van der Waals surface area contributed by atoms with E-state index in [1.165, 1.54) is 25.2 Å². The van der Waals surface area contributed by atoms with Crippen molar-refractivity contribution in [3.63, 3.8) is 0 Å². The molecule has 19 heavy (non-hydrogen) atoms. The summed E-state index contributed by atoms with van der Waals surface area (Å²) in [7, 11) is 1.35. The summed E-state index contributed by atoms with van der Waals surface area (Å²) in [5.74, 6) is -0.464. The molecule has 1 rings (SSSR count). The first-order valence-electron chi connectivity index (χ1n) is 6.02. The Morgan fingerprint density at radius 3 is 2.42 bits per heavy atom. The van der Waals surface area contributed by atoms with Crippen molar-refractivity contribution in [2.24, 2.45) is 5.73 Å². The van der Waals surface area contributed by atoms with Gasteiger partial charge in [-0.3, -0.25) is 4.90 Å². The fourth-order valence-electron chi connectivity index (χ4n) is 2.06. The van der Waals surface area contributed by atoms with Gasteiger partial charge in [0.1, 0.15) is 11.9 Å². The minimum absolute atomic E-state index is 0.00433. The molecule has 0 aliphatic carbocycles. The second-order valence-corrected chi connectivity index (χ2v) is 4.60. The van der Waals surface area contributed by atoms with Crippen molar-refractivity contribution in [1.82, 2.24) is 4.90 Å². The Morgan fingerprint density at radius 1 is 1.32 bits per heavy atom. The summed E-state index contributed by atoms with van der Waals surface area (Å²) >= 11 is 0. The monoisotopic (exact) mass is 278 g/mol. The third-order valence-corrected chi connectivity index (χ3v) is 3.01. The van der Waals surface area contributed by atoms with Gasteiger partial charge in [0.15, 0.2) is 0 Å². The van der Waals surface area contributed by atoms with Gasteiger partial charge >= 0.3 is 6.18 Å². The smallest absolute Gasteiger partial charge is 0.326 e. The second kappa shape index (κ2) is 6.34. The van der Waals surface area contributed by atoms with Gasteiger partial charge in [-0.2, -0.15) is 13.2 Å². The van der Waals surface area contributed by atoms with Crippen molar-refractivity contribution in [2.75, 3.05) is 7.05 Å². The quantitative estimate of drug-likeness (QED) is 0.839. The van der Waals surface area contributed by atoms with Gasteiger partial charge in [-0.15, -0.1) is 0 Å². The zero-order valence-corrected chi connectivity index (χ0v) is 10.9. The SMILES string of the molecule is CCC(N)C(N(C)Cc1cccc(F)c1)C(F)(F)F. The molecule has 0 aliphatic rings. The summed E-state index contributed by atoms with van der Waals surface area (Å²) in [5.41, 5.74) is 6.04. The van der Waals surface area contributed by atoms with Crippen molar-refractivity contribution in [1.29, 1.82) is 0 Å². The van der Waals surface area contributed by atoms with Gasteiger partial charge < -0.3 is 5.73 Å². The number of likely N-dealkylation sites (N-methyl/N-ethyl adjacent to an activating group) is 1. The van der Waals surface area contributed by atoms with Crippen LogP contribution in [-0.2, 0) is 6.54 Å². The predicted octanol–water partition coefficient (Wildman–Crippen LogP) is 2.93. The normalized spacial score (nSPS) is 15.6. The lowest BCUT2D eigenvalue weighted by Crippen LogP contribution is -2.54. The van der Waals surface area contributed by atoms with Crippen LogP contribution in [0, 0.1) is 5.82 Å². The predicted molar refractivity (Wildman–Crippen MR) is 66.0 cm³/mol. The summed E-state index contributed by atoms with van der Waals surface area (Å²) in [4.78, 5) is 1.11. The maximum absolute atomic E-state index is 13.0. The van der Waals surface area contributed by atoms with E-state index in [-0.39, 0.29) is 13.0 Å². The number of rotatable bonds is 5. The Balaban J connectivity index is 2.86. The topological polar surface area (TPSA) is 29.3 Å². The molecule has 108 valence electrons. The van der Waals surface area contributed by atoms with E-state index in [0.29, 0.717) is 5.56 Å². The zero-order chi connectivity index (χ0) is 14.6. The number of halogens is 4. The lowest BCUT2D eigenvalue weighted by Gasteiger charge is -2.33. The van der Waals surface area contributed by atoms with Gasteiger partial charge in [-0.25, -0.2) is 4.39 Å². The zero-order valence-electron chi connectivity index (χ0n) is 10.9. The molecule has 0 fully saturated rings. The summed E-state index contributed by atoms with van der Waals surface area (Å²) in [6, 6.07) is 2.80. The Morgan fingerprint density at radius 2 is 1.95 bits per heavy atom. The van der Waals surface area contributed by atoms with E-state index in [1.807, 2.05) is 0 Å². The molecule has 0 spiro atoms. The van der Waals surface area contributed by atoms with Crippen LogP contribution in [0.3, 0.4) is 0 Å². The van der Waals surface area contributed by atoms with Crippen LogP contribution in [0.2, 0.25) is 0 Å². The molecular weight excluding hydrogens is 260 g/mol. The van der Waals surface area contributed by atoms with Crippen molar-refractivity contribution < 1.29 is 17.6 Å². The van der Waals surface area contributed by atoms with Crippen LogP contribution in [-0.4, -0.2) is 30.2 Å². The number of nitrogens with zero attached hydrogens (tertiary/aromatic N) is 1. The van der Waals surface area contributed by atoms with Gasteiger partial charge in [0.2, 0.25) is 0 Å². The molecule has 0 aromatic heterocycles. The van der Waals surface area contributed by atoms with E-state index in [1.54, 1.807) is 13.0 Å². The number of benzene rings is 1. The highest BCUT2D eigenvalue weighted by atomic mass is 19.4. The number of hydrogen-bond acceptors (Lipinski definition) is 2. The van der Waals surface area contributed by atoms with Crippen LogP contribution >= 0.6 is 0 Å². The summed E-state index contributed by atoms with van der Waals surface area (Å²) < 4.78 is 52.0. The Kier molecular flexibility index (Phi) is 5.31. The highest BCUT2D eigenvalue weighted by molar-refractivity contribution is 5.16. The molecule has 0 bridgehead atoms. The average molecular weight is 278 g/mol. The van der Waals surface area contributed by atoms with Gasteiger partial charge in [-0.1, -0.05) is 19.1 Å². The molecule has 2 atom stereocenters. The first-order valence-corrected chi connectivity index (χ1v) is 6.02.